The van der Waals surface area contributed by atoms with Gasteiger partial charge in [-0.15, -0.1) is 11.3 Å². The molecule has 0 spiro atoms. The lowest BCUT2D eigenvalue weighted by Crippen LogP contribution is -2.20. The number of esters is 1. The quantitative estimate of drug-likeness (QED) is 0.384. The van der Waals surface area contributed by atoms with Gasteiger partial charge < -0.3 is 15.4 Å². The van der Waals surface area contributed by atoms with Crippen LogP contribution in [0.3, 0.4) is 0 Å². The van der Waals surface area contributed by atoms with Crippen LogP contribution in [0, 0.1) is 6.92 Å². The number of aromatic nitrogens is 2. The number of anilines is 2. The van der Waals surface area contributed by atoms with Gasteiger partial charge in [0, 0.05) is 28.7 Å². The first kappa shape index (κ1) is 22.5. The second-order valence-electron chi connectivity index (χ2n) is 7.19. The van der Waals surface area contributed by atoms with Crippen LogP contribution in [-0.2, 0) is 14.3 Å². The highest BCUT2D eigenvalue weighted by atomic mass is 35.5. The Balaban J connectivity index is 1.41. The van der Waals surface area contributed by atoms with E-state index in [4.69, 9.17) is 16.3 Å². The summed E-state index contributed by atoms with van der Waals surface area (Å²) in [6.45, 7) is 2.84. The first-order chi connectivity index (χ1) is 15.8. The third-order valence-corrected chi connectivity index (χ3v) is 5.95. The number of carbonyl (C=O) groups excluding carboxylic acids is 3. The minimum atomic E-state index is -0.593. The van der Waals surface area contributed by atoms with Crippen molar-refractivity contribution in [2.45, 2.75) is 13.8 Å². The summed E-state index contributed by atoms with van der Waals surface area (Å²) in [6.07, 6.45) is 0. The van der Waals surface area contributed by atoms with E-state index >= 15 is 0 Å². The van der Waals surface area contributed by atoms with Crippen molar-refractivity contribution in [2.24, 2.45) is 0 Å². The predicted octanol–water partition coefficient (Wildman–Crippen LogP) is 4.80. The highest BCUT2D eigenvalue weighted by Crippen LogP contribution is 2.31. The molecule has 10 heteroatoms. The Morgan fingerprint density at radius 2 is 1.76 bits per heavy atom. The van der Waals surface area contributed by atoms with E-state index in [-0.39, 0.29) is 5.91 Å². The molecule has 2 aromatic carbocycles. The van der Waals surface area contributed by atoms with Crippen molar-refractivity contribution >= 4 is 62.3 Å². The van der Waals surface area contributed by atoms with E-state index in [9.17, 15) is 14.4 Å². The molecular formula is C23H19ClN4O4S. The van der Waals surface area contributed by atoms with Gasteiger partial charge in [-0.3, -0.25) is 9.59 Å². The molecule has 0 fully saturated rings. The lowest BCUT2D eigenvalue weighted by atomic mass is 10.2. The largest absolute Gasteiger partial charge is 0.451 e. The van der Waals surface area contributed by atoms with Gasteiger partial charge in [0.05, 0.1) is 11.4 Å². The number of hydrogen-bond acceptors (Lipinski definition) is 6. The number of amides is 2. The summed E-state index contributed by atoms with van der Waals surface area (Å²) < 4.78 is 6.93. The average molecular weight is 483 g/mol. The molecule has 2 aromatic heterocycles. The molecule has 4 rings (SSSR count). The lowest BCUT2D eigenvalue weighted by Gasteiger charge is -2.07. The van der Waals surface area contributed by atoms with Crippen LogP contribution in [0.15, 0.2) is 54.6 Å². The molecule has 0 aliphatic heterocycles. The standard InChI is InChI=1S/C23H19ClN4O4S/c1-13-19-11-20(33-22(19)28(27-13)18-5-3-4-15(24)10-18)23(31)32-12-21(30)26-17-8-6-16(7-9-17)25-14(2)29/h3-11H,12H2,1-2H3,(H,25,29)(H,26,30). The number of nitrogens with one attached hydrogen (secondary N) is 2. The summed E-state index contributed by atoms with van der Waals surface area (Å²) in [6, 6.07) is 15.6. The molecule has 4 aromatic rings. The average Bonchev–Trinajstić information content (AvgIpc) is 3.34. The minimum absolute atomic E-state index is 0.185. The summed E-state index contributed by atoms with van der Waals surface area (Å²) in [5.74, 6) is -1.25. The van der Waals surface area contributed by atoms with Crippen LogP contribution < -0.4 is 10.6 Å². The number of carbonyl (C=O) groups is 3. The highest BCUT2D eigenvalue weighted by molar-refractivity contribution is 7.20. The van der Waals surface area contributed by atoms with Crippen LogP contribution in [0.4, 0.5) is 11.4 Å². The molecule has 2 amide bonds. The monoisotopic (exact) mass is 482 g/mol. The van der Waals surface area contributed by atoms with Gasteiger partial charge in [0.2, 0.25) is 5.91 Å². The van der Waals surface area contributed by atoms with Crippen molar-refractivity contribution in [3.8, 4) is 5.69 Å². The van der Waals surface area contributed by atoms with Crippen LogP contribution in [-0.4, -0.2) is 34.2 Å². The summed E-state index contributed by atoms with van der Waals surface area (Å²) in [5, 5.41) is 11.2. The Bertz CT molecular complexity index is 1360. The molecule has 0 radical (unpaired) electrons. The van der Waals surface area contributed by atoms with E-state index in [1.807, 2.05) is 19.1 Å². The Morgan fingerprint density at radius 1 is 1.06 bits per heavy atom. The second-order valence-corrected chi connectivity index (χ2v) is 8.66. The number of benzene rings is 2. The third kappa shape index (κ3) is 5.21. The Morgan fingerprint density at radius 3 is 2.42 bits per heavy atom. The van der Waals surface area contributed by atoms with Gasteiger partial charge in [-0.25, -0.2) is 9.48 Å². The number of fused-ring (bicyclic) bond motifs is 1. The molecule has 33 heavy (non-hydrogen) atoms. The third-order valence-electron chi connectivity index (χ3n) is 4.62. The van der Waals surface area contributed by atoms with Gasteiger partial charge in [0.25, 0.3) is 5.91 Å². The Kier molecular flexibility index (Phi) is 6.43. The van der Waals surface area contributed by atoms with Crippen molar-refractivity contribution in [1.82, 2.24) is 9.78 Å². The zero-order chi connectivity index (χ0) is 23.5. The fourth-order valence-corrected chi connectivity index (χ4v) is 4.43. The summed E-state index contributed by atoms with van der Waals surface area (Å²) in [4.78, 5) is 36.9. The Hall–Kier alpha value is -3.69. The molecule has 0 unspecified atom stereocenters. The molecule has 0 aliphatic rings. The maximum absolute atomic E-state index is 12.5. The van der Waals surface area contributed by atoms with Gasteiger partial charge in [0.1, 0.15) is 9.71 Å². The number of thiophene rings is 1. The predicted molar refractivity (Wildman–Crippen MR) is 128 cm³/mol. The molecule has 2 N–H and O–H groups in total. The van der Waals surface area contributed by atoms with Crippen LogP contribution in [0.5, 0.6) is 0 Å². The van der Waals surface area contributed by atoms with Crippen LogP contribution in [0.25, 0.3) is 15.9 Å². The molecular weight excluding hydrogens is 464 g/mol. The maximum atomic E-state index is 12.5. The molecule has 168 valence electrons. The minimum Gasteiger partial charge on any atom is -0.451 e. The molecule has 0 aliphatic carbocycles. The van der Waals surface area contributed by atoms with E-state index in [1.165, 1.54) is 18.3 Å². The number of hydrogen-bond donors (Lipinski definition) is 2. The van der Waals surface area contributed by atoms with E-state index < -0.39 is 18.5 Å². The fraction of sp³-hybridized carbons (Fsp3) is 0.130. The summed E-state index contributed by atoms with van der Waals surface area (Å²) in [7, 11) is 0. The normalized spacial score (nSPS) is 10.8. The van der Waals surface area contributed by atoms with Crippen molar-refractivity contribution in [3.05, 3.63) is 70.2 Å². The molecule has 0 atom stereocenters. The molecule has 0 bridgehead atoms. The van der Waals surface area contributed by atoms with Crippen molar-refractivity contribution < 1.29 is 19.1 Å². The van der Waals surface area contributed by atoms with Gasteiger partial charge in [-0.1, -0.05) is 17.7 Å². The first-order valence-electron chi connectivity index (χ1n) is 9.90. The number of ether oxygens (including phenoxy) is 1. The van der Waals surface area contributed by atoms with Crippen LogP contribution in [0.2, 0.25) is 5.02 Å². The van der Waals surface area contributed by atoms with Crippen molar-refractivity contribution in [1.29, 1.82) is 0 Å². The zero-order valence-corrected chi connectivity index (χ0v) is 19.3. The maximum Gasteiger partial charge on any atom is 0.348 e. The second kappa shape index (κ2) is 9.43. The topological polar surface area (TPSA) is 102 Å². The van der Waals surface area contributed by atoms with E-state index in [0.717, 1.165) is 21.6 Å². The number of aryl methyl sites for hydroxylation is 1. The molecule has 0 saturated carbocycles. The summed E-state index contributed by atoms with van der Waals surface area (Å²) >= 11 is 7.33. The lowest BCUT2D eigenvalue weighted by molar-refractivity contribution is -0.119. The number of nitrogens with zero attached hydrogens (tertiary/aromatic N) is 2. The molecule has 2 heterocycles. The van der Waals surface area contributed by atoms with Gasteiger partial charge in [0.15, 0.2) is 6.61 Å². The molecule has 8 nitrogen and oxygen atoms in total. The van der Waals surface area contributed by atoms with Crippen molar-refractivity contribution in [2.75, 3.05) is 17.2 Å². The Labute approximate surface area is 198 Å². The SMILES string of the molecule is CC(=O)Nc1ccc(NC(=O)COC(=O)c2cc3c(C)nn(-c4cccc(Cl)c4)c3s2)cc1. The zero-order valence-electron chi connectivity index (χ0n) is 17.7. The fourth-order valence-electron chi connectivity index (χ4n) is 3.17. The van der Waals surface area contributed by atoms with E-state index in [1.54, 1.807) is 47.1 Å². The van der Waals surface area contributed by atoms with Crippen LogP contribution in [0.1, 0.15) is 22.3 Å². The van der Waals surface area contributed by atoms with E-state index in [2.05, 4.69) is 15.7 Å². The highest BCUT2D eigenvalue weighted by Gasteiger charge is 2.19. The van der Waals surface area contributed by atoms with Gasteiger partial charge in [-0.05, 0) is 55.5 Å². The number of halogens is 1. The van der Waals surface area contributed by atoms with Gasteiger partial charge >= 0.3 is 5.97 Å². The summed E-state index contributed by atoms with van der Waals surface area (Å²) in [5.41, 5.74) is 2.68. The molecule has 0 saturated heterocycles. The number of rotatable bonds is 6. The first-order valence-corrected chi connectivity index (χ1v) is 11.1. The van der Waals surface area contributed by atoms with E-state index in [0.29, 0.717) is 21.3 Å². The smallest absolute Gasteiger partial charge is 0.348 e. The van der Waals surface area contributed by atoms with Crippen LogP contribution >= 0.6 is 22.9 Å². The van der Waals surface area contributed by atoms with Gasteiger partial charge in [-0.2, -0.15) is 5.10 Å². The van der Waals surface area contributed by atoms with Crippen molar-refractivity contribution in [3.63, 3.8) is 0 Å².